The predicted octanol–water partition coefficient (Wildman–Crippen LogP) is 2.70. The first-order chi connectivity index (χ1) is 6.72. The van der Waals surface area contributed by atoms with E-state index in [2.05, 4.69) is 39.9 Å². The number of hydrogen-bond donors (Lipinski definition) is 2. The molecule has 90 valence electrons. The molecule has 0 amide bonds. The molecule has 1 rings (SSSR count). The van der Waals surface area contributed by atoms with Gasteiger partial charge in [0.2, 0.25) is 0 Å². The Bertz CT molecular complexity index is 197. The van der Waals surface area contributed by atoms with Crippen LogP contribution in [0.5, 0.6) is 0 Å². The molecule has 1 fully saturated rings. The molecule has 2 N–H and O–H groups in total. The van der Waals surface area contributed by atoms with Crippen molar-refractivity contribution in [1.29, 1.82) is 0 Å². The summed E-state index contributed by atoms with van der Waals surface area (Å²) in [5.41, 5.74) is 0.420. The molecule has 0 radical (unpaired) electrons. The van der Waals surface area contributed by atoms with E-state index in [4.69, 9.17) is 0 Å². The van der Waals surface area contributed by atoms with E-state index in [1.165, 1.54) is 0 Å². The molecule has 0 saturated heterocycles. The smallest absolute Gasteiger partial charge is 0.0541 e. The first kappa shape index (κ1) is 13.0. The topological polar surface area (TPSA) is 32.3 Å². The van der Waals surface area contributed by atoms with Crippen molar-refractivity contribution in [1.82, 2.24) is 5.32 Å². The molecule has 15 heavy (non-hydrogen) atoms. The van der Waals surface area contributed by atoms with Crippen molar-refractivity contribution in [2.75, 3.05) is 0 Å². The van der Waals surface area contributed by atoms with Crippen molar-refractivity contribution in [2.45, 2.75) is 78.0 Å². The molecule has 2 nitrogen and oxygen atoms in total. The molecule has 1 aliphatic rings. The number of aliphatic hydroxyl groups excluding tert-OH is 1. The van der Waals surface area contributed by atoms with Gasteiger partial charge in [-0.3, -0.25) is 0 Å². The van der Waals surface area contributed by atoms with Crippen LogP contribution in [0, 0.1) is 5.41 Å². The molecular weight excluding hydrogens is 186 g/mol. The second kappa shape index (κ2) is 4.42. The summed E-state index contributed by atoms with van der Waals surface area (Å²) in [5.74, 6) is 0. The summed E-state index contributed by atoms with van der Waals surface area (Å²) in [7, 11) is 0. The van der Waals surface area contributed by atoms with Gasteiger partial charge in [-0.15, -0.1) is 0 Å². The minimum atomic E-state index is -0.0548. The van der Waals surface area contributed by atoms with Crippen LogP contribution < -0.4 is 5.32 Å². The minimum absolute atomic E-state index is 0.0548. The van der Waals surface area contributed by atoms with Gasteiger partial charge >= 0.3 is 0 Å². The first-order valence-electron chi connectivity index (χ1n) is 6.18. The maximum atomic E-state index is 9.46. The summed E-state index contributed by atoms with van der Waals surface area (Å²) in [6.07, 6.45) is 4.08. The van der Waals surface area contributed by atoms with Crippen molar-refractivity contribution in [2.24, 2.45) is 5.41 Å². The highest BCUT2D eigenvalue weighted by molar-refractivity contribution is 4.93. The largest absolute Gasteiger partial charge is 0.393 e. The maximum Gasteiger partial charge on any atom is 0.0541 e. The van der Waals surface area contributed by atoms with Gasteiger partial charge in [0.15, 0.2) is 0 Å². The molecule has 0 aromatic heterocycles. The fraction of sp³-hybridized carbons (Fsp3) is 1.00. The predicted molar refractivity (Wildman–Crippen MR) is 64.9 cm³/mol. The third-order valence-corrected chi connectivity index (χ3v) is 4.14. The Labute approximate surface area is 94.5 Å². The van der Waals surface area contributed by atoms with Crippen molar-refractivity contribution in [3.63, 3.8) is 0 Å². The highest BCUT2D eigenvalue weighted by Gasteiger charge is 2.35. The van der Waals surface area contributed by atoms with E-state index < -0.39 is 0 Å². The number of aliphatic hydroxyl groups is 1. The van der Waals surface area contributed by atoms with E-state index in [0.717, 1.165) is 25.7 Å². The van der Waals surface area contributed by atoms with Gasteiger partial charge in [-0.05, 0) is 44.9 Å². The highest BCUT2D eigenvalue weighted by Crippen LogP contribution is 2.31. The fourth-order valence-corrected chi connectivity index (χ4v) is 1.95. The van der Waals surface area contributed by atoms with E-state index in [0.29, 0.717) is 6.04 Å². The van der Waals surface area contributed by atoms with Gasteiger partial charge in [0.05, 0.1) is 6.10 Å². The Morgan fingerprint density at radius 2 is 1.40 bits per heavy atom. The van der Waals surface area contributed by atoms with Crippen LogP contribution in [-0.4, -0.2) is 22.8 Å². The lowest BCUT2D eigenvalue weighted by Gasteiger charge is -2.43. The Morgan fingerprint density at radius 3 is 1.80 bits per heavy atom. The normalized spacial score (nSPS) is 29.2. The zero-order valence-electron chi connectivity index (χ0n) is 10.9. The lowest BCUT2D eigenvalue weighted by atomic mass is 9.75. The molecule has 2 heteroatoms. The van der Waals surface area contributed by atoms with Crippen LogP contribution in [0.2, 0.25) is 0 Å². The van der Waals surface area contributed by atoms with Crippen molar-refractivity contribution < 1.29 is 5.11 Å². The molecule has 0 aliphatic heterocycles. The Kier molecular flexibility index (Phi) is 3.83. The zero-order valence-corrected chi connectivity index (χ0v) is 10.9. The Hall–Kier alpha value is -0.0800. The molecule has 0 aromatic rings. The summed E-state index contributed by atoms with van der Waals surface area (Å²) in [4.78, 5) is 0. The lowest BCUT2D eigenvalue weighted by Crippen LogP contribution is -2.55. The molecule has 1 aliphatic carbocycles. The third kappa shape index (κ3) is 3.46. The van der Waals surface area contributed by atoms with Crippen LogP contribution in [0.3, 0.4) is 0 Å². The van der Waals surface area contributed by atoms with Crippen LogP contribution in [-0.2, 0) is 0 Å². The summed E-state index contributed by atoms with van der Waals surface area (Å²) < 4.78 is 0. The molecule has 0 bridgehead atoms. The molecular formula is C13H27NO. The first-order valence-corrected chi connectivity index (χ1v) is 6.18. The van der Waals surface area contributed by atoms with Crippen LogP contribution in [0.15, 0.2) is 0 Å². The van der Waals surface area contributed by atoms with Gasteiger partial charge in [0, 0.05) is 11.6 Å². The van der Waals surface area contributed by atoms with Gasteiger partial charge in [-0.1, -0.05) is 20.8 Å². The number of hydrogen-bond acceptors (Lipinski definition) is 2. The van der Waals surface area contributed by atoms with Gasteiger partial charge in [0.1, 0.15) is 0 Å². The maximum absolute atomic E-state index is 9.46. The highest BCUT2D eigenvalue weighted by atomic mass is 16.3. The van der Waals surface area contributed by atoms with E-state index in [1.54, 1.807) is 0 Å². The average molecular weight is 213 g/mol. The monoisotopic (exact) mass is 213 g/mol. The minimum Gasteiger partial charge on any atom is -0.393 e. The van der Waals surface area contributed by atoms with Crippen LogP contribution in [0.4, 0.5) is 0 Å². The van der Waals surface area contributed by atoms with E-state index >= 15 is 0 Å². The van der Waals surface area contributed by atoms with Crippen molar-refractivity contribution in [3.8, 4) is 0 Å². The lowest BCUT2D eigenvalue weighted by molar-refractivity contribution is 0.0908. The molecule has 0 aromatic carbocycles. The Balaban J connectivity index is 2.48. The second-order valence-corrected chi connectivity index (χ2v) is 6.52. The van der Waals surface area contributed by atoms with Crippen LogP contribution in [0.1, 0.15) is 60.3 Å². The van der Waals surface area contributed by atoms with Gasteiger partial charge < -0.3 is 10.4 Å². The van der Waals surface area contributed by atoms with Gasteiger partial charge in [0.25, 0.3) is 0 Å². The molecule has 0 heterocycles. The summed E-state index contributed by atoms with van der Waals surface area (Å²) in [6.45, 7) is 11.4. The zero-order chi connectivity index (χ0) is 11.7. The standard InChI is InChI=1S/C13H27NO/c1-12(2,3)13(4,5)14-10-6-8-11(15)9-7-10/h10-11,14-15H,6-9H2,1-5H3. The fourth-order valence-electron chi connectivity index (χ4n) is 1.95. The SMILES string of the molecule is CC(C)(C)C(C)(C)NC1CCC(O)CC1. The van der Waals surface area contributed by atoms with Crippen LogP contribution >= 0.6 is 0 Å². The average Bonchev–Trinajstić information content (AvgIpc) is 2.06. The summed E-state index contributed by atoms with van der Waals surface area (Å²) in [5, 5.41) is 13.2. The molecule has 0 atom stereocenters. The molecule has 0 unspecified atom stereocenters. The third-order valence-electron chi connectivity index (χ3n) is 4.14. The van der Waals surface area contributed by atoms with E-state index in [1.807, 2.05) is 0 Å². The van der Waals surface area contributed by atoms with Gasteiger partial charge in [-0.2, -0.15) is 0 Å². The second-order valence-electron chi connectivity index (χ2n) is 6.52. The van der Waals surface area contributed by atoms with Gasteiger partial charge in [-0.25, -0.2) is 0 Å². The Morgan fingerprint density at radius 1 is 0.933 bits per heavy atom. The summed E-state index contributed by atoms with van der Waals surface area (Å²) in [6, 6.07) is 0.586. The van der Waals surface area contributed by atoms with Crippen molar-refractivity contribution >= 4 is 0 Å². The molecule has 0 spiro atoms. The van der Waals surface area contributed by atoms with E-state index in [-0.39, 0.29) is 17.1 Å². The molecule has 1 saturated carbocycles. The number of rotatable bonds is 2. The van der Waals surface area contributed by atoms with Crippen molar-refractivity contribution in [3.05, 3.63) is 0 Å². The number of nitrogens with one attached hydrogen (secondary N) is 1. The van der Waals surface area contributed by atoms with Crippen LogP contribution in [0.25, 0.3) is 0 Å². The summed E-state index contributed by atoms with van der Waals surface area (Å²) >= 11 is 0. The van der Waals surface area contributed by atoms with E-state index in [9.17, 15) is 5.11 Å². The quantitative estimate of drug-likeness (QED) is 0.739.